The van der Waals surface area contributed by atoms with Gasteiger partial charge < -0.3 is 0 Å². The Labute approximate surface area is 109 Å². The predicted molar refractivity (Wildman–Crippen MR) is 73.4 cm³/mol. The lowest BCUT2D eigenvalue weighted by Crippen LogP contribution is -2.12. The van der Waals surface area contributed by atoms with Crippen molar-refractivity contribution in [3.8, 4) is 0 Å². The number of hydrogen-bond donors (Lipinski definition) is 0. The second-order valence-corrected chi connectivity index (χ2v) is 5.22. The minimum Gasteiger partial charge on any atom is -0.294 e. The molecular formula is C16H21NO. The van der Waals surface area contributed by atoms with E-state index in [1.807, 2.05) is 12.3 Å². The van der Waals surface area contributed by atoms with E-state index in [9.17, 15) is 4.79 Å². The summed E-state index contributed by atoms with van der Waals surface area (Å²) in [7, 11) is 0. The molecule has 18 heavy (non-hydrogen) atoms. The van der Waals surface area contributed by atoms with Crippen molar-refractivity contribution in [2.24, 2.45) is 5.92 Å². The van der Waals surface area contributed by atoms with E-state index in [4.69, 9.17) is 0 Å². The number of rotatable bonds is 4. The number of pyridine rings is 1. The summed E-state index contributed by atoms with van der Waals surface area (Å²) in [6.07, 6.45) is 8.56. The third-order valence-corrected chi connectivity index (χ3v) is 3.67. The molecule has 96 valence electrons. The van der Waals surface area contributed by atoms with Gasteiger partial charge in [0, 0.05) is 11.9 Å². The van der Waals surface area contributed by atoms with E-state index in [2.05, 4.69) is 31.0 Å². The van der Waals surface area contributed by atoms with Crippen LogP contribution in [0.1, 0.15) is 44.4 Å². The Bertz CT molecular complexity index is 445. The summed E-state index contributed by atoms with van der Waals surface area (Å²) in [6.45, 7) is 4.35. The first-order valence-electron chi connectivity index (χ1n) is 6.85. The van der Waals surface area contributed by atoms with Crippen molar-refractivity contribution in [1.29, 1.82) is 0 Å². The first-order chi connectivity index (χ1) is 8.69. The second kappa shape index (κ2) is 5.94. The number of carbonyl (C=O) groups is 1. The molecule has 0 fully saturated rings. The largest absolute Gasteiger partial charge is 0.294 e. The van der Waals surface area contributed by atoms with Gasteiger partial charge in [0.2, 0.25) is 0 Å². The van der Waals surface area contributed by atoms with Crippen LogP contribution in [0.4, 0.5) is 0 Å². The molecule has 0 saturated heterocycles. The second-order valence-electron chi connectivity index (χ2n) is 5.22. The van der Waals surface area contributed by atoms with Gasteiger partial charge in [-0.25, -0.2) is 0 Å². The van der Waals surface area contributed by atoms with Crippen LogP contribution in [0.25, 0.3) is 0 Å². The quantitative estimate of drug-likeness (QED) is 0.810. The van der Waals surface area contributed by atoms with E-state index in [0.29, 0.717) is 6.42 Å². The lowest BCUT2D eigenvalue weighted by Gasteiger charge is -2.17. The zero-order valence-electron chi connectivity index (χ0n) is 11.3. The SMILES string of the molecule is CCc1ccc(CC(=O)C2=CCC(C)CC2)nc1. The third kappa shape index (κ3) is 3.28. The normalized spacial score (nSPS) is 19.4. The maximum absolute atomic E-state index is 12.1. The molecule has 2 heteroatoms. The average Bonchev–Trinajstić information content (AvgIpc) is 2.40. The topological polar surface area (TPSA) is 30.0 Å². The molecule has 1 aromatic rings. The van der Waals surface area contributed by atoms with Crippen LogP contribution in [0.2, 0.25) is 0 Å². The Morgan fingerprint density at radius 2 is 2.28 bits per heavy atom. The van der Waals surface area contributed by atoms with Gasteiger partial charge >= 0.3 is 0 Å². The first kappa shape index (κ1) is 13.0. The lowest BCUT2D eigenvalue weighted by atomic mass is 9.88. The van der Waals surface area contributed by atoms with Crippen LogP contribution in [-0.4, -0.2) is 10.8 Å². The van der Waals surface area contributed by atoms with E-state index in [1.54, 1.807) is 0 Å². The molecule has 1 aromatic heterocycles. The van der Waals surface area contributed by atoms with Crippen LogP contribution in [0.3, 0.4) is 0 Å². The monoisotopic (exact) mass is 243 g/mol. The van der Waals surface area contributed by atoms with Crippen LogP contribution in [0.15, 0.2) is 30.0 Å². The summed E-state index contributed by atoms with van der Waals surface area (Å²) in [6, 6.07) is 4.04. The summed E-state index contributed by atoms with van der Waals surface area (Å²) in [5.41, 5.74) is 3.11. The molecule has 0 bridgehead atoms. The molecule has 2 nitrogen and oxygen atoms in total. The summed E-state index contributed by atoms with van der Waals surface area (Å²) >= 11 is 0. The number of aromatic nitrogens is 1. The number of carbonyl (C=O) groups excluding carboxylic acids is 1. The fourth-order valence-electron chi connectivity index (χ4n) is 2.27. The number of hydrogen-bond acceptors (Lipinski definition) is 2. The van der Waals surface area contributed by atoms with Crippen LogP contribution >= 0.6 is 0 Å². The smallest absolute Gasteiger partial charge is 0.164 e. The molecule has 1 atom stereocenters. The Morgan fingerprint density at radius 3 is 2.83 bits per heavy atom. The van der Waals surface area contributed by atoms with Crippen LogP contribution in [-0.2, 0) is 17.6 Å². The lowest BCUT2D eigenvalue weighted by molar-refractivity contribution is -0.115. The molecular weight excluding hydrogens is 222 g/mol. The molecule has 0 saturated carbocycles. The van der Waals surface area contributed by atoms with Gasteiger partial charge in [-0.3, -0.25) is 9.78 Å². The van der Waals surface area contributed by atoms with E-state index >= 15 is 0 Å². The van der Waals surface area contributed by atoms with Gasteiger partial charge in [-0.1, -0.05) is 26.0 Å². The molecule has 0 aromatic carbocycles. The average molecular weight is 243 g/mol. The Kier molecular flexibility index (Phi) is 4.29. The van der Waals surface area contributed by atoms with Gasteiger partial charge in [0.15, 0.2) is 5.78 Å². The molecule has 1 heterocycles. The van der Waals surface area contributed by atoms with E-state index in [1.165, 1.54) is 5.56 Å². The highest BCUT2D eigenvalue weighted by atomic mass is 16.1. The molecule has 0 aliphatic heterocycles. The van der Waals surface area contributed by atoms with Gasteiger partial charge in [-0.05, 0) is 48.8 Å². The zero-order valence-corrected chi connectivity index (χ0v) is 11.3. The highest BCUT2D eigenvalue weighted by molar-refractivity contribution is 5.96. The number of ketones is 1. The molecule has 1 aliphatic rings. The van der Waals surface area contributed by atoms with Gasteiger partial charge in [0.1, 0.15) is 0 Å². The Morgan fingerprint density at radius 1 is 1.44 bits per heavy atom. The fourth-order valence-corrected chi connectivity index (χ4v) is 2.27. The van der Waals surface area contributed by atoms with Crippen LogP contribution in [0.5, 0.6) is 0 Å². The number of nitrogens with zero attached hydrogens (tertiary/aromatic N) is 1. The van der Waals surface area contributed by atoms with Crippen molar-refractivity contribution in [1.82, 2.24) is 4.98 Å². The van der Waals surface area contributed by atoms with Gasteiger partial charge in [0.25, 0.3) is 0 Å². The highest BCUT2D eigenvalue weighted by Crippen LogP contribution is 2.24. The number of aryl methyl sites for hydroxylation is 1. The van der Waals surface area contributed by atoms with E-state index in [-0.39, 0.29) is 5.78 Å². The molecule has 1 unspecified atom stereocenters. The van der Waals surface area contributed by atoms with Crippen LogP contribution in [0, 0.1) is 5.92 Å². The predicted octanol–water partition coefficient (Wildman–Crippen LogP) is 3.50. The highest BCUT2D eigenvalue weighted by Gasteiger charge is 2.16. The van der Waals surface area contributed by atoms with Crippen molar-refractivity contribution in [3.05, 3.63) is 41.2 Å². The Balaban J connectivity index is 1.98. The summed E-state index contributed by atoms with van der Waals surface area (Å²) in [5.74, 6) is 0.974. The summed E-state index contributed by atoms with van der Waals surface area (Å²) in [5, 5.41) is 0. The summed E-state index contributed by atoms with van der Waals surface area (Å²) in [4.78, 5) is 16.5. The molecule has 1 aliphatic carbocycles. The Hall–Kier alpha value is -1.44. The molecule has 0 radical (unpaired) electrons. The number of Topliss-reactive ketones (excluding diaryl/α,β-unsaturated/α-hetero) is 1. The van der Waals surface area contributed by atoms with Crippen molar-refractivity contribution in [3.63, 3.8) is 0 Å². The summed E-state index contributed by atoms with van der Waals surface area (Å²) < 4.78 is 0. The molecule has 0 N–H and O–H groups in total. The van der Waals surface area contributed by atoms with Crippen molar-refractivity contribution in [2.45, 2.75) is 46.0 Å². The fraction of sp³-hybridized carbons (Fsp3) is 0.500. The van der Waals surface area contributed by atoms with Crippen molar-refractivity contribution < 1.29 is 4.79 Å². The van der Waals surface area contributed by atoms with Crippen molar-refractivity contribution in [2.75, 3.05) is 0 Å². The van der Waals surface area contributed by atoms with Gasteiger partial charge in [-0.2, -0.15) is 0 Å². The van der Waals surface area contributed by atoms with Gasteiger partial charge in [-0.15, -0.1) is 0 Å². The minimum atomic E-state index is 0.249. The third-order valence-electron chi connectivity index (χ3n) is 3.67. The first-order valence-corrected chi connectivity index (χ1v) is 6.85. The molecule has 2 rings (SSSR count). The molecule has 0 spiro atoms. The number of allylic oxidation sites excluding steroid dienone is 2. The standard InChI is InChI=1S/C16H21NO/c1-3-13-6-9-15(17-11-13)10-16(18)14-7-4-12(2)5-8-14/h6-7,9,11-12H,3-5,8,10H2,1-2H3. The zero-order chi connectivity index (χ0) is 13.0. The van der Waals surface area contributed by atoms with Crippen molar-refractivity contribution >= 4 is 5.78 Å². The minimum absolute atomic E-state index is 0.249. The van der Waals surface area contributed by atoms with E-state index in [0.717, 1.165) is 42.9 Å². The maximum Gasteiger partial charge on any atom is 0.164 e. The van der Waals surface area contributed by atoms with Gasteiger partial charge in [0.05, 0.1) is 6.42 Å². The van der Waals surface area contributed by atoms with Crippen LogP contribution < -0.4 is 0 Å². The molecule has 0 amide bonds. The maximum atomic E-state index is 12.1. The van der Waals surface area contributed by atoms with E-state index < -0.39 is 0 Å².